The number of aliphatic imine (C=N–C) groups is 1. The van der Waals surface area contributed by atoms with Crippen LogP contribution >= 0.6 is 24.0 Å². The molecular formula is C19H27FIN5. The van der Waals surface area contributed by atoms with Gasteiger partial charge in [0.05, 0.1) is 0 Å². The van der Waals surface area contributed by atoms with E-state index in [4.69, 9.17) is 0 Å². The maximum Gasteiger partial charge on any atom is 0.191 e. The van der Waals surface area contributed by atoms with Crippen molar-refractivity contribution in [2.45, 2.75) is 13.0 Å². The predicted molar refractivity (Wildman–Crippen MR) is 115 cm³/mol. The SMILES string of the molecule is CN=C(NCCc1ccccn1)NCCN(C)Cc1ccc(F)cc1.I. The molecule has 0 atom stereocenters. The second kappa shape index (κ2) is 12.6. The van der Waals surface area contributed by atoms with Gasteiger partial charge in [-0.2, -0.15) is 0 Å². The highest BCUT2D eigenvalue weighted by molar-refractivity contribution is 14.0. The van der Waals surface area contributed by atoms with E-state index in [1.165, 1.54) is 12.1 Å². The number of aromatic nitrogens is 1. The number of hydrogen-bond acceptors (Lipinski definition) is 3. The molecule has 5 nitrogen and oxygen atoms in total. The highest BCUT2D eigenvalue weighted by Crippen LogP contribution is 2.04. The summed E-state index contributed by atoms with van der Waals surface area (Å²) in [4.78, 5) is 10.7. The Hall–Kier alpha value is -1.74. The van der Waals surface area contributed by atoms with Crippen LogP contribution in [-0.4, -0.2) is 49.6 Å². The second-order valence-corrected chi connectivity index (χ2v) is 5.86. The number of rotatable bonds is 8. The Bertz CT molecular complexity index is 649. The van der Waals surface area contributed by atoms with Crippen molar-refractivity contribution in [2.24, 2.45) is 4.99 Å². The molecule has 1 heterocycles. The molecule has 142 valence electrons. The van der Waals surface area contributed by atoms with Gasteiger partial charge in [-0.05, 0) is 36.9 Å². The summed E-state index contributed by atoms with van der Waals surface area (Å²) in [5.74, 6) is 0.583. The summed E-state index contributed by atoms with van der Waals surface area (Å²) < 4.78 is 12.9. The van der Waals surface area contributed by atoms with Gasteiger partial charge in [-0.1, -0.05) is 18.2 Å². The summed E-state index contributed by atoms with van der Waals surface area (Å²) in [6.45, 7) is 3.20. The summed E-state index contributed by atoms with van der Waals surface area (Å²) in [7, 11) is 3.81. The van der Waals surface area contributed by atoms with E-state index >= 15 is 0 Å². The van der Waals surface area contributed by atoms with E-state index in [0.717, 1.165) is 49.8 Å². The zero-order valence-electron chi connectivity index (χ0n) is 15.3. The van der Waals surface area contributed by atoms with E-state index in [2.05, 4.69) is 25.5 Å². The molecule has 0 amide bonds. The number of likely N-dealkylation sites (N-methyl/N-ethyl adjacent to an activating group) is 1. The molecule has 0 saturated heterocycles. The van der Waals surface area contributed by atoms with Gasteiger partial charge in [-0.3, -0.25) is 9.98 Å². The molecule has 0 unspecified atom stereocenters. The smallest absolute Gasteiger partial charge is 0.191 e. The molecule has 0 aliphatic heterocycles. The van der Waals surface area contributed by atoms with Crippen molar-refractivity contribution in [3.05, 3.63) is 65.7 Å². The van der Waals surface area contributed by atoms with Crippen LogP contribution in [0.5, 0.6) is 0 Å². The number of halogens is 2. The van der Waals surface area contributed by atoms with Gasteiger partial charge in [0, 0.05) is 51.5 Å². The summed E-state index contributed by atoms with van der Waals surface area (Å²) in [5, 5.41) is 6.58. The van der Waals surface area contributed by atoms with Crippen LogP contribution in [0.1, 0.15) is 11.3 Å². The fourth-order valence-electron chi connectivity index (χ4n) is 2.42. The number of nitrogens with zero attached hydrogens (tertiary/aromatic N) is 3. The molecule has 0 bridgehead atoms. The molecule has 0 radical (unpaired) electrons. The first kappa shape index (κ1) is 22.3. The lowest BCUT2D eigenvalue weighted by molar-refractivity contribution is 0.331. The Morgan fingerprint density at radius 2 is 1.85 bits per heavy atom. The Labute approximate surface area is 172 Å². The summed E-state index contributed by atoms with van der Waals surface area (Å²) in [6.07, 6.45) is 2.66. The van der Waals surface area contributed by atoms with Crippen molar-refractivity contribution in [1.29, 1.82) is 0 Å². The Balaban J connectivity index is 0.00000338. The highest BCUT2D eigenvalue weighted by Gasteiger charge is 2.02. The van der Waals surface area contributed by atoms with Crippen LogP contribution in [0.2, 0.25) is 0 Å². The molecule has 2 aromatic rings. The fourth-order valence-corrected chi connectivity index (χ4v) is 2.42. The second-order valence-electron chi connectivity index (χ2n) is 5.86. The lowest BCUT2D eigenvalue weighted by Gasteiger charge is -2.18. The molecular weight excluding hydrogens is 444 g/mol. The first-order valence-corrected chi connectivity index (χ1v) is 8.45. The van der Waals surface area contributed by atoms with E-state index in [-0.39, 0.29) is 29.8 Å². The summed E-state index contributed by atoms with van der Waals surface area (Å²) in [5.41, 5.74) is 2.16. The highest BCUT2D eigenvalue weighted by atomic mass is 127. The molecule has 26 heavy (non-hydrogen) atoms. The van der Waals surface area contributed by atoms with E-state index in [0.29, 0.717) is 0 Å². The zero-order valence-corrected chi connectivity index (χ0v) is 17.6. The van der Waals surface area contributed by atoms with Gasteiger partial charge < -0.3 is 15.5 Å². The largest absolute Gasteiger partial charge is 0.356 e. The minimum Gasteiger partial charge on any atom is -0.356 e. The molecule has 7 heteroatoms. The topological polar surface area (TPSA) is 52.6 Å². The van der Waals surface area contributed by atoms with E-state index in [1.807, 2.05) is 37.4 Å². The standard InChI is InChI=1S/C19H26FN5.HI/c1-21-19(23-12-10-18-5-3-4-11-22-18)24-13-14-25(2)15-16-6-8-17(20)9-7-16;/h3-9,11H,10,12-15H2,1-2H3,(H2,21,23,24);1H. The molecule has 1 aromatic carbocycles. The lowest BCUT2D eigenvalue weighted by atomic mass is 10.2. The Morgan fingerprint density at radius 3 is 2.50 bits per heavy atom. The van der Waals surface area contributed by atoms with E-state index in [9.17, 15) is 4.39 Å². The maximum atomic E-state index is 12.9. The van der Waals surface area contributed by atoms with Crippen LogP contribution in [0.25, 0.3) is 0 Å². The quantitative estimate of drug-likeness (QED) is 0.353. The third kappa shape index (κ3) is 8.57. The fraction of sp³-hybridized carbons (Fsp3) is 0.368. The third-order valence-corrected chi connectivity index (χ3v) is 3.78. The minimum absolute atomic E-state index is 0. The van der Waals surface area contributed by atoms with Crippen molar-refractivity contribution < 1.29 is 4.39 Å². The number of hydrogen-bond donors (Lipinski definition) is 2. The first-order valence-electron chi connectivity index (χ1n) is 8.45. The van der Waals surface area contributed by atoms with Crippen molar-refractivity contribution >= 4 is 29.9 Å². The van der Waals surface area contributed by atoms with Crippen LogP contribution < -0.4 is 10.6 Å². The molecule has 0 fully saturated rings. The van der Waals surface area contributed by atoms with Crippen molar-refractivity contribution in [2.75, 3.05) is 33.7 Å². The van der Waals surface area contributed by atoms with E-state index < -0.39 is 0 Å². The van der Waals surface area contributed by atoms with Gasteiger partial charge in [0.25, 0.3) is 0 Å². The number of benzene rings is 1. The molecule has 2 N–H and O–H groups in total. The van der Waals surface area contributed by atoms with Crippen molar-refractivity contribution in [3.8, 4) is 0 Å². The molecule has 0 aliphatic rings. The number of nitrogens with one attached hydrogen (secondary N) is 2. The summed E-state index contributed by atoms with van der Waals surface area (Å²) in [6, 6.07) is 12.5. The molecule has 0 saturated carbocycles. The van der Waals surface area contributed by atoms with Crippen molar-refractivity contribution in [1.82, 2.24) is 20.5 Å². The van der Waals surface area contributed by atoms with Crippen LogP contribution in [0.3, 0.4) is 0 Å². The minimum atomic E-state index is -0.200. The van der Waals surface area contributed by atoms with Crippen LogP contribution in [-0.2, 0) is 13.0 Å². The maximum absolute atomic E-state index is 12.9. The van der Waals surface area contributed by atoms with Gasteiger partial charge in [-0.25, -0.2) is 4.39 Å². The summed E-state index contributed by atoms with van der Waals surface area (Å²) >= 11 is 0. The van der Waals surface area contributed by atoms with Gasteiger partial charge in [0.2, 0.25) is 0 Å². The Morgan fingerprint density at radius 1 is 1.12 bits per heavy atom. The number of pyridine rings is 1. The van der Waals surface area contributed by atoms with Crippen LogP contribution in [0.4, 0.5) is 4.39 Å². The van der Waals surface area contributed by atoms with Gasteiger partial charge in [-0.15, -0.1) is 24.0 Å². The Kier molecular flexibility index (Phi) is 10.8. The average molecular weight is 471 g/mol. The van der Waals surface area contributed by atoms with Crippen LogP contribution in [0, 0.1) is 5.82 Å². The predicted octanol–water partition coefficient (Wildman–Crippen LogP) is 2.68. The van der Waals surface area contributed by atoms with Gasteiger partial charge in [0.15, 0.2) is 5.96 Å². The monoisotopic (exact) mass is 471 g/mol. The molecule has 2 rings (SSSR count). The van der Waals surface area contributed by atoms with Gasteiger partial charge in [0.1, 0.15) is 5.82 Å². The molecule has 0 spiro atoms. The number of guanidine groups is 1. The average Bonchev–Trinajstić information content (AvgIpc) is 2.63. The van der Waals surface area contributed by atoms with Crippen LogP contribution in [0.15, 0.2) is 53.7 Å². The molecule has 0 aliphatic carbocycles. The molecule has 1 aromatic heterocycles. The lowest BCUT2D eigenvalue weighted by Crippen LogP contribution is -2.41. The van der Waals surface area contributed by atoms with Gasteiger partial charge >= 0.3 is 0 Å². The van der Waals surface area contributed by atoms with Crippen molar-refractivity contribution in [3.63, 3.8) is 0 Å². The van der Waals surface area contributed by atoms with E-state index in [1.54, 1.807) is 13.2 Å². The normalized spacial score (nSPS) is 11.2. The third-order valence-electron chi connectivity index (χ3n) is 3.78. The first-order chi connectivity index (χ1) is 12.2. The zero-order chi connectivity index (χ0) is 17.9.